The van der Waals surface area contributed by atoms with E-state index in [9.17, 15) is 19.5 Å². The van der Waals surface area contributed by atoms with Crippen molar-refractivity contribution in [3.8, 4) is 0 Å². The molecule has 0 aliphatic carbocycles. The first-order valence-corrected chi connectivity index (χ1v) is 5.42. The summed E-state index contributed by atoms with van der Waals surface area (Å²) < 4.78 is 0. The van der Waals surface area contributed by atoms with E-state index in [2.05, 4.69) is 16.0 Å². The van der Waals surface area contributed by atoms with E-state index in [1.54, 1.807) is 0 Å². The van der Waals surface area contributed by atoms with Gasteiger partial charge in [0.15, 0.2) is 0 Å². The van der Waals surface area contributed by atoms with Gasteiger partial charge < -0.3 is 30.8 Å². The van der Waals surface area contributed by atoms with Crippen LogP contribution in [0.2, 0.25) is 0 Å². The number of aliphatic carboxylic acids is 1. The van der Waals surface area contributed by atoms with E-state index in [-0.39, 0.29) is 18.5 Å². The Morgan fingerprint density at radius 2 is 2.00 bits per heavy atom. The van der Waals surface area contributed by atoms with Crippen LogP contribution < -0.4 is 21.1 Å². The molecule has 0 saturated carbocycles. The molecule has 2 saturated heterocycles. The molecule has 2 rings (SSSR count). The zero-order valence-corrected chi connectivity index (χ0v) is 9.06. The summed E-state index contributed by atoms with van der Waals surface area (Å²) in [4.78, 5) is 34.3. The second-order valence-electron chi connectivity index (χ2n) is 4.01. The molecule has 94 valence electrons. The third-order valence-corrected chi connectivity index (χ3v) is 2.79. The summed E-state index contributed by atoms with van der Waals surface area (Å²) >= 11 is 0. The van der Waals surface area contributed by atoms with Crippen LogP contribution in [-0.4, -0.2) is 41.8 Å². The summed E-state index contributed by atoms with van der Waals surface area (Å²) in [6, 6.07) is -0.583. The Kier molecular flexibility index (Phi) is 3.03. The van der Waals surface area contributed by atoms with Crippen molar-refractivity contribution in [1.82, 2.24) is 20.9 Å². The predicted octanol–water partition coefficient (Wildman–Crippen LogP) is -2.10. The number of nitrogens with zero attached hydrogens (tertiary/aromatic N) is 1. The third kappa shape index (κ3) is 2.40. The fraction of sp³-hybridized carbons (Fsp3) is 0.667. The minimum atomic E-state index is -1.09. The maximum absolute atomic E-state index is 11.5. The summed E-state index contributed by atoms with van der Waals surface area (Å²) in [6.07, 6.45) is 0.189. The lowest BCUT2D eigenvalue weighted by Gasteiger charge is -2.20. The monoisotopic (exact) mass is 241 g/mol. The van der Waals surface area contributed by atoms with Gasteiger partial charge in [0.05, 0.1) is 0 Å². The van der Waals surface area contributed by atoms with E-state index >= 15 is 0 Å². The molecule has 8 heteroatoms. The van der Waals surface area contributed by atoms with Gasteiger partial charge in [-0.3, -0.25) is 0 Å². The number of carbonyl (C=O) groups is 3. The van der Waals surface area contributed by atoms with Gasteiger partial charge in [0.25, 0.3) is 0 Å². The van der Waals surface area contributed by atoms with E-state index in [1.807, 2.05) is 0 Å². The first kappa shape index (κ1) is 11.5. The number of carboxylic acids is 1. The van der Waals surface area contributed by atoms with E-state index < -0.39 is 18.3 Å². The third-order valence-electron chi connectivity index (χ3n) is 2.79. The van der Waals surface area contributed by atoms with Crippen LogP contribution in [0.15, 0.2) is 0 Å². The zero-order valence-electron chi connectivity index (χ0n) is 9.06. The highest BCUT2D eigenvalue weighted by Gasteiger charge is 2.44. The molecule has 17 heavy (non-hydrogen) atoms. The number of hydrogen-bond donors (Lipinski definition) is 3. The molecule has 0 radical (unpaired) electrons. The van der Waals surface area contributed by atoms with Crippen molar-refractivity contribution in [1.29, 1.82) is 0 Å². The second-order valence-corrected chi connectivity index (χ2v) is 4.01. The Balaban J connectivity index is 1.81. The van der Waals surface area contributed by atoms with Gasteiger partial charge in [-0.05, 0) is 19.3 Å². The van der Waals surface area contributed by atoms with Crippen molar-refractivity contribution in [2.24, 2.45) is 0 Å². The van der Waals surface area contributed by atoms with Crippen LogP contribution in [0, 0.1) is 0 Å². The summed E-state index contributed by atoms with van der Waals surface area (Å²) in [5, 5.41) is 18.0. The van der Waals surface area contributed by atoms with Crippen molar-refractivity contribution in [3.63, 3.8) is 0 Å². The van der Waals surface area contributed by atoms with Gasteiger partial charge >= 0.3 is 12.1 Å². The van der Waals surface area contributed by atoms with Crippen LogP contribution in [0.25, 0.3) is 0 Å². The van der Waals surface area contributed by atoms with Crippen molar-refractivity contribution >= 4 is 18.0 Å². The quantitative estimate of drug-likeness (QED) is 0.478. The van der Waals surface area contributed by atoms with Gasteiger partial charge in [-0.2, -0.15) is 0 Å². The van der Waals surface area contributed by atoms with Gasteiger partial charge in [0.1, 0.15) is 12.3 Å². The summed E-state index contributed by atoms with van der Waals surface area (Å²) in [5.74, 6) is -1.09. The predicted molar refractivity (Wildman–Crippen MR) is 53.3 cm³/mol. The lowest BCUT2D eigenvalue weighted by atomic mass is 10.2. The summed E-state index contributed by atoms with van der Waals surface area (Å²) in [7, 11) is 0. The molecule has 0 aromatic heterocycles. The van der Waals surface area contributed by atoms with Crippen LogP contribution in [0.5, 0.6) is 0 Å². The van der Waals surface area contributed by atoms with E-state index in [0.717, 1.165) is 0 Å². The average molecular weight is 241 g/mol. The molecule has 0 aromatic rings. The summed E-state index contributed by atoms with van der Waals surface area (Å²) in [5.41, 5.74) is 0. The van der Waals surface area contributed by atoms with Crippen LogP contribution in [-0.2, 0) is 4.79 Å². The van der Waals surface area contributed by atoms with Crippen LogP contribution in [0.4, 0.5) is 9.59 Å². The van der Waals surface area contributed by atoms with Crippen molar-refractivity contribution in [2.45, 2.75) is 31.6 Å². The molecule has 0 unspecified atom stereocenters. The number of rotatable bonds is 5. The molecule has 0 bridgehead atoms. The second kappa shape index (κ2) is 4.48. The topological polar surface area (TPSA) is 114 Å². The van der Waals surface area contributed by atoms with Crippen molar-refractivity contribution in [2.75, 3.05) is 6.54 Å². The number of hydrogen-bond acceptors (Lipinski definition) is 4. The lowest BCUT2D eigenvalue weighted by molar-refractivity contribution is -0.305. The molecular formula is C9H13N4O4-. The Morgan fingerprint density at radius 3 is 2.71 bits per heavy atom. The van der Waals surface area contributed by atoms with E-state index in [1.165, 1.54) is 4.90 Å². The van der Waals surface area contributed by atoms with Gasteiger partial charge in [-0.15, -0.1) is 0 Å². The summed E-state index contributed by atoms with van der Waals surface area (Å²) in [6.45, 7) is 0.405. The normalized spacial score (nSPS) is 26.2. The number of fused-ring (bicyclic) bond motifs is 1. The van der Waals surface area contributed by atoms with Crippen LogP contribution in [0.1, 0.15) is 19.3 Å². The molecule has 8 nitrogen and oxygen atoms in total. The van der Waals surface area contributed by atoms with E-state index in [4.69, 9.17) is 0 Å². The maximum Gasteiger partial charge on any atom is 0.320 e. The maximum atomic E-state index is 11.5. The first-order valence-electron chi connectivity index (χ1n) is 5.42. The number of nitrogens with one attached hydrogen (secondary N) is 3. The molecule has 2 aliphatic rings. The Bertz CT molecular complexity index is 359. The Labute approximate surface area is 97.3 Å². The van der Waals surface area contributed by atoms with Gasteiger partial charge in [-0.1, -0.05) is 0 Å². The SMILES string of the molecule is O=C([O-])CCCCN1C(=O)N[C@H]2NC(=O)N[C@H]21. The van der Waals surface area contributed by atoms with Crippen LogP contribution >= 0.6 is 0 Å². The average Bonchev–Trinajstić information content (AvgIpc) is 2.69. The fourth-order valence-electron chi connectivity index (χ4n) is 1.99. The highest BCUT2D eigenvalue weighted by Crippen LogP contribution is 2.14. The number of unbranched alkanes of at least 4 members (excludes halogenated alkanes) is 1. The molecule has 2 atom stereocenters. The van der Waals surface area contributed by atoms with Gasteiger partial charge in [0, 0.05) is 12.5 Å². The Hall–Kier alpha value is -1.99. The standard InChI is InChI=1S/C9H14N4O4/c14-5(15)3-1-2-4-13-7-6(11-9(13)17)10-8(16)12-7/h6-7H,1-4H2,(H,11,17)(H,14,15)(H2,10,12,16)/p-1/t6-,7+/m1/s1. The largest absolute Gasteiger partial charge is 0.550 e. The number of urea groups is 2. The van der Waals surface area contributed by atoms with Crippen LogP contribution in [0.3, 0.4) is 0 Å². The molecule has 2 fully saturated rings. The van der Waals surface area contributed by atoms with E-state index in [0.29, 0.717) is 19.4 Å². The molecule has 0 spiro atoms. The lowest BCUT2D eigenvalue weighted by Crippen LogP contribution is -2.43. The molecule has 0 aromatic carbocycles. The van der Waals surface area contributed by atoms with Gasteiger partial charge in [-0.25, -0.2) is 9.59 Å². The minimum absolute atomic E-state index is 0.0197. The highest BCUT2D eigenvalue weighted by atomic mass is 16.4. The molecule has 4 amide bonds. The minimum Gasteiger partial charge on any atom is -0.550 e. The first-order chi connectivity index (χ1) is 8.08. The molecular weight excluding hydrogens is 228 g/mol. The molecule has 3 N–H and O–H groups in total. The molecule has 2 aliphatic heterocycles. The van der Waals surface area contributed by atoms with Crippen molar-refractivity contribution < 1.29 is 19.5 Å². The number of amides is 4. The van der Waals surface area contributed by atoms with Crippen molar-refractivity contribution in [3.05, 3.63) is 0 Å². The highest BCUT2D eigenvalue weighted by molar-refractivity contribution is 5.84. The fourth-order valence-corrected chi connectivity index (χ4v) is 1.99. The molecule has 2 heterocycles. The number of carbonyl (C=O) groups excluding carboxylic acids is 3. The van der Waals surface area contributed by atoms with Gasteiger partial charge in [0.2, 0.25) is 0 Å². The zero-order chi connectivity index (χ0) is 12.4. The number of carboxylic acid groups (broad SMARTS) is 1. The Morgan fingerprint density at radius 1 is 1.24 bits per heavy atom. The smallest absolute Gasteiger partial charge is 0.320 e.